The second-order valence-corrected chi connectivity index (χ2v) is 5.98. The molecule has 0 saturated heterocycles. The highest BCUT2D eigenvalue weighted by Gasteiger charge is 2.26. The Morgan fingerprint density at radius 3 is 2.08 bits per heavy atom. The second kappa shape index (κ2) is 12.9. The van der Waals surface area contributed by atoms with E-state index in [4.69, 9.17) is 22.9 Å². The predicted octanol–water partition coefficient (Wildman–Crippen LogP) is -2.43. The molecule has 2 amide bonds. The lowest BCUT2D eigenvalue weighted by atomic mass is 10.1. The number of aliphatic carboxylic acids is 1. The van der Waals surface area contributed by atoms with Gasteiger partial charge in [-0.15, -0.1) is 0 Å². The molecule has 0 bridgehead atoms. The highest BCUT2D eigenvalue weighted by atomic mass is 16.4. The van der Waals surface area contributed by atoms with Crippen LogP contribution in [0.3, 0.4) is 0 Å². The maximum atomic E-state index is 12.4. The van der Waals surface area contributed by atoms with Crippen molar-refractivity contribution in [2.75, 3.05) is 13.1 Å². The van der Waals surface area contributed by atoms with Crippen molar-refractivity contribution in [2.24, 2.45) is 27.9 Å². The number of carbonyl (C=O) groups is 3. The number of hydrogen-bond acceptors (Lipinski definition) is 6. The van der Waals surface area contributed by atoms with E-state index in [0.29, 0.717) is 32.2 Å². The standard InChI is InChI=1S/C15H31N7O4/c1-9(17)12(23)21-10(5-2-3-7-16)13(24)22-11(14(25)26)6-4-8-20-15(18)19/h9-11H,2-8,16-17H2,1H3,(H,21,23)(H,22,24)(H,25,26)(H4,18,19,20). The van der Waals surface area contributed by atoms with Crippen molar-refractivity contribution in [3.63, 3.8) is 0 Å². The minimum atomic E-state index is -1.18. The van der Waals surface area contributed by atoms with Crippen LogP contribution in [0, 0.1) is 0 Å². The number of aliphatic imine (C=N–C) groups is 1. The zero-order valence-corrected chi connectivity index (χ0v) is 15.1. The summed E-state index contributed by atoms with van der Waals surface area (Å²) in [4.78, 5) is 39.3. The minimum Gasteiger partial charge on any atom is -0.480 e. The number of amides is 2. The van der Waals surface area contributed by atoms with Crippen LogP contribution in [-0.4, -0.2) is 60.1 Å². The second-order valence-electron chi connectivity index (χ2n) is 5.98. The number of rotatable bonds is 13. The lowest BCUT2D eigenvalue weighted by molar-refractivity contribution is -0.142. The van der Waals surface area contributed by atoms with E-state index in [1.807, 2.05) is 0 Å². The molecule has 11 heteroatoms. The number of carboxylic acids is 1. The summed E-state index contributed by atoms with van der Waals surface area (Å²) >= 11 is 0. The van der Waals surface area contributed by atoms with Crippen molar-refractivity contribution in [1.82, 2.24) is 10.6 Å². The zero-order chi connectivity index (χ0) is 20.1. The van der Waals surface area contributed by atoms with Gasteiger partial charge in [-0.1, -0.05) is 0 Å². The third-order valence-electron chi connectivity index (χ3n) is 3.55. The Hall–Kier alpha value is -2.40. The van der Waals surface area contributed by atoms with Crippen molar-refractivity contribution in [1.29, 1.82) is 0 Å². The Bertz CT molecular complexity index is 492. The third kappa shape index (κ3) is 10.5. The summed E-state index contributed by atoms with van der Waals surface area (Å²) in [7, 11) is 0. The fourth-order valence-corrected chi connectivity index (χ4v) is 2.10. The number of nitrogens with one attached hydrogen (secondary N) is 2. The number of carbonyl (C=O) groups excluding carboxylic acids is 2. The number of carboxylic acid groups (broad SMARTS) is 1. The highest BCUT2D eigenvalue weighted by molar-refractivity contribution is 5.91. The Morgan fingerprint density at radius 2 is 1.58 bits per heavy atom. The molecule has 0 heterocycles. The molecular weight excluding hydrogens is 342 g/mol. The third-order valence-corrected chi connectivity index (χ3v) is 3.55. The van der Waals surface area contributed by atoms with Gasteiger partial charge in [0.05, 0.1) is 6.04 Å². The molecule has 0 aliphatic carbocycles. The average Bonchev–Trinajstić information content (AvgIpc) is 2.55. The van der Waals surface area contributed by atoms with Crippen molar-refractivity contribution >= 4 is 23.7 Å². The zero-order valence-electron chi connectivity index (χ0n) is 15.1. The van der Waals surface area contributed by atoms with Crippen LogP contribution in [0.4, 0.5) is 0 Å². The summed E-state index contributed by atoms with van der Waals surface area (Å²) in [5, 5.41) is 14.2. The lowest BCUT2D eigenvalue weighted by Crippen LogP contribution is -2.54. The topological polar surface area (TPSA) is 212 Å². The first-order valence-electron chi connectivity index (χ1n) is 8.53. The normalized spacial score (nSPS) is 14.0. The van der Waals surface area contributed by atoms with Crippen molar-refractivity contribution in [3.8, 4) is 0 Å². The van der Waals surface area contributed by atoms with E-state index >= 15 is 0 Å². The monoisotopic (exact) mass is 373 g/mol. The van der Waals surface area contributed by atoms with E-state index in [9.17, 15) is 19.5 Å². The Balaban J connectivity index is 4.82. The largest absolute Gasteiger partial charge is 0.480 e. The predicted molar refractivity (Wildman–Crippen MR) is 98.0 cm³/mol. The van der Waals surface area contributed by atoms with E-state index in [1.54, 1.807) is 0 Å². The molecule has 11 nitrogen and oxygen atoms in total. The Labute approximate surface area is 152 Å². The maximum Gasteiger partial charge on any atom is 0.326 e. The summed E-state index contributed by atoms with van der Waals surface area (Å²) in [6.07, 6.45) is 2.14. The highest BCUT2D eigenvalue weighted by Crippen LogP contribution is 2.04. The maximum absolute atomic E-state index is 12.4. The summed E-state index contributed by atoms with van der Waals surface area (Å²) in [5.74, 6) is -2.33. The molecule has 0 aromatic rings. The van der Waals surface area contributed by atoms with Gasteiger partial charge in [0.25, 0.3) is 0 Å². The molecule has 3 atom stereocenters. The first kappa shape index (κ1) is 23.6. The first-order chi connectivity index (χ1) is 12.2. The molecule has 26 heavy (non-hydrogen) atoms. The number of nitrogens with two attached hydrogens (primary N) is 4. The summed E-state index contributed by atoms with van der Waals surface area (Å²) in [6, 6.07) is -2.77. The molecule has 0 aliphatic heterocycles. The van der Waals surface area contributed by atoms with E-state index in [1.165, 1.54) is 6.92 Å². The Kier molecular flexibility index (Phi) is 11.7. The van der Waals surface area contributed by atoms with E-state index in [2.05, 4.69) is 15.6 Å². The summed E-state index contributed by atoms with van der Waals surface area (Å²) < 4.78 is 0. The summed E-state index contributed by atoms with van der Waals surface area (Å²) in [6.45, 7) is 2.20. The van der Waals surface area contributed by atoms with Crippen LogP contribution in [0.2, 0.25) is 0 Å². The number of guanidine groups is 1. The number of unbranched alkanes of at least 4 members (excludes halogenated alkanes) is 1. The van der Waals surface area contributed by atoms with Crippen LogP contribution in [0.1, 0.15) is 39.0 Å². The molecule has 0 radical (unpaired) electrons. The SMILES string of the molecule is CC(N)C(=O)NC(CCCCN)C(=O)NC(CCCN=C(N)N)C(=O)O. The summed E-state index contributed by atoms with van der Waals surface area (Å²) in [5.41, 5.74) is 21.3. The van der Waals surface area contributed by atoms with Crippen LogP contribution in [-0.2, 0) is 14.4 Å². The lowest BCUT2D eigenvalue weighted by Gasteiger charge is -2.22. The van der Waals surface area contributed by atoms with Gasteiger partial charge in [0, 0.05) is 6.54 Å². The fourth-order valence-electron chi connectivity index (χ4n) is 2.10. The van der Waals surface area contributed by atoms with Crippen LogP contribution in [0.25, 0.3) is 0 Å². The molecule has 3 unspecified atom stereocenters. The van der Waals surface area contributed by atoms with Crippen molar-refractivity contribution < 1.29 is 19.5 Å². The molecule has 0 aromatic heterocycles. The van der Waals surface area contributed by atoms with Gasteiger partial charge >= 0.3 is 5.97 Å². The van der Waals surface area contributed by atoms with Gasteiger partial charge in [0.1, 0.15) is 12.1 Å². The van der Waals surface area contributed by atoms with Crippen LogP contribution in [0.15, 0.2) is 4.99 Å². The van der Waals surface area contributed by atoms with E-state index in [-0.39, 0.29) is 18.9 Å². The van der Waals surface area contributed by atoms with Crippen LogP contribution < -0.4 is 33.6 Å². The van der Waals surface area contributed by atoms with Gasteiger partial charge < -0.3 is 38.7 Å². The molecule has 11 N–H and O–H groups in total. The molecule has 0 rings (SSSR count). The Morgan fingerprint density at radius 1 is 1.00 bits per heavy atom. The quantitative estimate of drug-likeness (QED) is 0.104. The molecule has 150 valence electrons. The van der Waals surface area contributed by atoms with E-state index < -0.39 is 35.9 Å². The van der Waals surface area contributed by atoms with Crippen molar-refractivity contribution in [3.05, 3.63) is 0 Å². The molecule has 0 aliphatic rings. The molecule has 0 fully saturated rings. The number of nitrogens with zero attached hydrogens (tertiary/aromatic N) is 1. The van der Waals surface area contributed by atoms with Gasteiger partial charge in [-0.05, 0) is 45.6 Å². The molecule has 0 saturated carbocycles. The molecule has 0 aromatic carbocycles. The van der Waals surface area contributed by atoms with Crippen LogP contribution >= 0.6 is 0 Å². The minimum absolute atomic E-state index is 0.0838. The fraction of sp³-hybridized carbons (Fsp3) is 0.733. The number of hydrogen-bond donors (Lipinski definition) is 7. The van der Waals surface area contributed by atoms with E-state index in [0.717, 1.165) is 0 Å². The molecular formula is C15H31N7O4. The average molecular weight is 373 g/mol. The smallest absolute Gasteiger partial charge is 0.326 e. The first-order valence-corrected chi connectivity index (χ1v) is 8.53. The van der Waals surface area contributed by atoms with Gasteiger partial charge in [0.2, 0.25) is 11.8 Å². The van der Waals surface area contributed by atoms with Crippen molar-refractivity contribution in [2.45, 2.75) is 57.2 Å². The molecule has 0 spiro atoms. The van der Waals surface area contributed by atoms with Crippen LogP contribution in [0.5, 0.6) is 0 Å². The van der Waals surface area contributed by atoms with Gasteiger partial charge in [-0.2, -0.15) is 0 Å². The van der Waals surface area contributed by atoms with Gasteiger partial charge in [0.15, 0.2) is 5.96 Å². The van der Waals surface area contributed by atoms with Gasteiger partial charge in [-0.25, -0.2) is 4.79 Å². The van der Waals surface area contributed by atoms with Gasteiger partial charge in [-0.3, -0.25) is 14.6 Å².